The maximum Gasteiger partial charge on any atom is 0.339 e. The highest BCUT2D eigenvalue weighted by Gasteiger charge is 2.17. The molecule has 2 heterocycles. The molecule has 2 aromatic rings. The fraction of sp³-hybridized carbons (Fsp3) is 0.435. The molecule has 1 aromatic carbocycles. The summed E-state index contributed by atoms with van der Waals surface area (Å²) in [6.45, 7) is 9.72. The number of amides is 1. The van der Waals surface area contributed by atoms with Crippen LogP contribution in [0.3, 0.4) is 0 Å². The normalized spacial score (nSPS) is 16.8. The maximum absolute atomic E-state index is 12.5. The van der Waals surface area contributed by atoms with E-state index in [1.54, 1.807) is 26.0 Å². The molecule has 7 nitrogen and oxygen atoms in total. The molecule has 1 saturated heterocycles. The number of rotatable bonds is 7. The van der Waals surface area contributed by atoms with Gasteiger partial charge in [0.25, 0.3) is 5.91 Å². The van der Waals surface area contributed by atoms with E-state index in [4.69, 9.17) is 9.47 Å². The second-order valence-electron chi connectivity index (χ2n) is 7.47. The first-order valence-corrected chi connectivity index (χ1v) is 10.3. The summed E-state index contributed by atoms with van der Waals surface area (Å²) in [7, 11) is 0. The Morgan fingerprint density at radius 3 is 2.80 bits per heavy atom. The lowest BCUT2D eigenvalue weighted by Crippen LogP contribution is -2.40. The number of nitrogens with one attached hydrogen (secondary N) is 1. The zero-order chi connectivity index (χ0) is 21.5. The number of benzene rings is 1. The minimum Gasteiger partial charge on any atom is -0.462 e. The van der Waals surface area contributed by atoms with Crippen molar-refractivity contribution >= 4 is 11.9 Å². The molecule has 1 aliphatic heterocycles. The minimum absolute atomic E-state index is 0.257. The Labute approximate surface area is 177 Å². The number of pyridine rings is 1. The van der Waals surface area contributed by atoms with Gasteiger partial charge in [0.1, 0.15) is 5.69 Å². The van der Waals surface area contributed by atoms with Gasteiger partial charge in [-0.15, -0.1) is 0 Å². The number of aromatic nitrogens is 1. The summed E-state index contributed by atoms with van der Waals surface area (Å²) >= 11 is 0. The van der Waals surface area contributed by atoms with Crippen LogP contribution in [0, 0.1) is 6.92 Å². The van der Waals surface area contributed by atoms with Crippen LogP contribution in [0.4, 0.5) is 0 Å². The fourth-order valence-electron chi connectivity index (χ4n) is 3.52. The summed E-state index contributed by atoms with van der Waals surface area (Å²) in [5.41, 5.74) is 3.37. The highest BCUT2D eigenvalue weighted by atomic mass is 16.5. The van der Waals surface area contributed by atoms with Crippen LogP contribution in [0.2, 0.25) is 0 Å². The van der Waals surface area contributed by atoms with Gasteiger partial charge in [-0.25, -0.2) is 9.78 Å². The molecule has 0 saturated carbocycles. The Morgan fingerprint density at radius 1 is 1.27 bits per heavy atom. The molecule has 0 aliphatic carbocycles. The molecule has 1 N–H and O–H groups in total. The Kier molecular flexibility index (Phi) is 7.54. The number of ether oxygens (including phenoxy) is 2. The number of hydrogen-bond acceptors (Lipinski definition) is 6. The van der Waals surface area contributed by atoms with Crippen molar-refractivity contribution in [1.82, 2.24) is 15.2 Å². The third-order valence-electron chi connectivity index (χ3n) is 4.99. The number of carbonyl (C=O) groups is 2. The van der Waals surface area contributed by atoms with Gasteiger partial charge in [0.2, 0.25) is 0 Å². The summed E-state index contributed by atoms with van der Waals surface area (Å²) in [6, 6.07) is 11.3. The molecule has 1 unspecified atom stereocenters. The first-order chi connectivity index (χ1) is 14.5. The van der Waals surface area contributed by atoms with Crippen LogP contribution < -0.4 is 5.32 Å². The van der Waals surface area contributed by atoms with Crippen molar-refractivity contribution in [1.29, 1.82) is 0 Å². The van der Waals surface area contributed by atoms with Crippen molar-refractivity contribution in [2.24, 2.45) is 0 Å². The standard InChI is InChI=1S/C23H29N3O4/c1-4-29-23(28)20-8-9-21(25-17(20)3)22(27)24-13-18-6-5-7-19(12-18)15-26-10-11-30-16(2)14-26/h5-9,12,16H,4,10-11,13-15H2,1-3H3,(H,24,27). The molecule has 0 spiro atoms. The fourth-order valence-corrected chi connectivity index (χ4v) is 3.52. The summed E-state index contributed by atoms with van der Waals surface area (Å²) < 4.78 is 10.6. The van der Waals surface area contributed by atoms with Crippen LogP contribution in [-0.2, 0) is 22.6 Å². The topological polar surface area (TPSA) is 80.8 Å². The van der Waals surface area contributed by atoms with E-state index >= 15 is 0 Å². The van der Waals surface area contributed by atoms with E-state index in [2.05, 4.69) is 34.3 Å². The van der Waals surface area contributed by atoms with Gasteiger partial charge in [0.15, 0.2) is 0 Å². The molecule has 30 heavy (non-hydrogen) atoms. The lowest BCUT2D eigenvalue weighted by atomic mass is 10.1. The molecular formula is C23H29N3O4. The Morgan fingerprint density at radius 2 is 2.07 bits per heavy atom. The van der Waals surface area contributed by atoms with Crippen LogP contribution in [0.5, 0.6) is 0 Å². The predicted octanol–water partition coefficient (Wildman–Crippen LogP) is 2.72. The van der Waals surface area contributed by atoms with E-state index in [1.165, 1.54) is 5.56 Å². The lowest BCUT2D eigenvalue weighted by molar-refractivity contribution is -0.0212. The zero-order valence-corrected chi connectivity index (χ0v) is 17.8. The Balaban J connectivity index is 1.58. The highest BCUT2D eigenvalue weighted by molar-refractivity contribution is 5.95. The number of nitrogens with zero attached hydrogens (tertiary/aromatic N) is 2. The number of morpholine rings is 1. The maximum atomic E-state index is 12.5. The molecule has 3 rings (SSSR count). The van der Waals surface area contributed by atoms with Crippen molar-refractivity contribution in [3.05, 3.63) is 64.5 Å². The van der Waals surface area contributed by atoms with E-state index in [0.717, 1.165) is 31.8 Å². The van der Waals surface area contributed by atoms with Gasteiger partial charge in [-0.1, -0.05) is 24.3 Å². The van der Waals surface area contributed by atoms with Crippen molar-refractivity contribution in [3.63, 3.8) is 0 Å². The lowest BCUT2D eigenvalue weighted by Gasteiger charge is -2.31. The smallest absolute Gasteiger partial charge is 0.339 e. The third-order valence-corrected chi connectivity index (χ3v) is 4.99. The van der Waals surface area contributed by atoms with Crippen molar-refractivity contribution < 1.29 is 19.1 Å². The van der Waals surface area contributed by atoms with Crippen molar-refractivity contribution in [2.45, 2.75) is 40.0 Å². The molecule has 1 fully saturated rings. The largest absolute Gasteiger partial charge is 0.462 e. The van der Waals surface area contributed by atoms with E-state index < -0.39 is 5.97 Å². The average molecular weight is 412 g/mol. The molecule has 1 atom stereocenters. The highest BCUT2D eigenvalue weighted by Crippen LogP contribution is 2.13. The average Bonchev–Trinajstić information content (AvgIpc) is 2.72. The van der Waals surface area contributed by atoms with E-state index in [9.17, 15) is 9.59 Å². The molecule has 7 heteroatoms. The third kappa shape index (κ3) is 5.87. The molecule has 1 amide bonds. The van der Waals surface area contributed by atoms with Crippen LogP contribution in [0.15, 0.2) is 36.4 Å². The summed E-state index contributed by atoms with van der Waals surface area (Å²) in [6.07, 6.45) is 0.257. The van der Waals surface area contributed by atoms with Gasteiger partial charge in [-0.05, 0) is 44.0 Å². The summed E-state index contributed by atoms with van der Waals surface area (Å²) in [4.78, 5) is 31.0. The molecule has 1 aromatic heterocycles. The van der Waals surface area contributed by atoms with Gasteiger partial charge < -0.3 is 14.8 Å². The summed E-state index contributed by atoms with van der Waals surface area (Å²) in [5, 5.41) is 2.90. The molecule has 1 aliphatic rings. The Bertz CT molecular complexity index is 900. The Hall–Kier alpha value is -2.77. The number of hydrogen-bond donors (Lipinski definition) is 1. The first-order valence-electron chi connectivity index (χ1n) is 10.3. The van der Waals surface area contributed by atoms with Gasteiger partial charge in [-0.2, -0.15) is 0 Å². The predicted molar refractivity (Wildman–Crippen MR) is 113 cm³/mol. The van der Waals surface area contributed by atoms with E-state index in [0.29, 0.717) is 24.4 Å². The monoisotopic (exact) mass is 411 g/mol. The van der Waals surface area contributed by atoms with Crippen LogP contribution in [0.1, 0.15) is 51.5 Å². The van der Waals surface area contributed by atoms with Crippen LogP contribution in [-0.4, -0.2) is 54.2 Å². The second kappa shape index (κ2) is 10.3. The van der Waals surface area contributed by atoms with E-state index in [1.807, 2.05) is 12.1 Å². The molecule has 0 radical (unpaired) electrons. The number of esters is 1. The van der Waals surface area contributed by atoms with Gasteiger partial charge >= 0.3 is 5.97 Å². The zero-order valence-electron chi connectivity index (χ0n) is 17.8. The van der Waals surface area contributed by atoms with Crippen LogP contribution >= 0.6 is 0 Å². The first kappa shape index (κ1) is 21.9. The van der Waals surface area contributed by atoms with Crippen LogP contribution in [0.25, 0.3) is 0 Å². The van der Waals surface area contributed by atoms with Gasteiger partial charge in [-0.3, -0.25) is 9.69 Å². The molecular weight excluding hydrogens is 382 g/mol. The van der Waals surface area contributed by atoms with Crippen molar-refractivity contribution in [2.75, 3.05) is 26.3 Å². The SMILES string of the molecule is CCOC(=O)c1ccc(C(=O)NCc2cccc(CN3CCOC(C)C3)c2)nc1C. The quantitative estimate of drug-likeness (QED) is 0.706. The minimum atomic E-state index is -0.430. The van der Waals surface area contributed by atoms with Gasteiger partial charge in [0, 0.05) is 26.2 Å². The van der Waals surface area contributed by atoms with Crippen molar-refractivity contribution in [3.8, 4) is 0 Å². The molecule has 160 valence electrons. The second-order valence-corrected chi connectivity index (χ2v) is 7.47. The van der Waals surface area contributed by atoms with Gasteiger partial charge in [0.05, 0.1) is 30.6 Å². The number of carbonyl (C=O) groups excluding carboxylic acids is 2. The van der Waals surface area contributed by atoms with E-state index in [-0.39, 0.29) is 17.7 Å². The summed E-state index contributed by atoms with van der Waals surface area (Å²) in [5.74, 6) is -0.707. The molecule has 0 bridgehead atoms. The number of aryl methyl sites for hydroxylation is 1.